The van der Waals surface area contributed by atoms with Gasteiger partial charge < -0.3 is 20.2 Å². The molecule has 2 N–H and O–H groups in total. The first-order chi connectivity index (χ1) is 14.5. The molecule has 0 unspecified atom stereocenters. The van der Waals surface area contributed by atoms with Gasteiger partial charge in [-0.05, 0) is 43.4 Å². The van der Waals surface area contributed by atoms with E-state index in [0.29, 0.717) is 23.9 Å². The third-order valence-electron chi connectivity index (χ3n) is 5.58. The van der Waals surface area contributed by atoms with Crippen LogP contribution in [0.4, 0.5) is 11.4 Å². The summed E-state index contributed by atoms with van der Waals surface area (Å²) in [5.41, 5.74) is 2.83. The summed E-state index contributed by atoms with van der Waals surface area (Å²) in [6, 6.07) is 16.9. The SMILES string of the molecule is Cc1c(NC(=S)N2CCN(c3ccccc3O)CC2)c(=O)n(-c2ccccc2)n1C. The van der Waals surface area contributed by atoms with Gasteiger partial charge in [-0.15, -0.1) is 0 Å². The van der Waals surface area contributed by atoms with Crippen LogP contribution in [-0.2, 0) is 7.05 Å². The zero-order valence-corrected chi connectivity index (χ0v) is 17.9. The molecule has 1 aromatic heterocycles. The van der Waals surface area contributed by atoms with Gasteiger partial charge in [0.15, 0.2) is 5.11 Å². The Morgan fingerprint density at radius 3 is 2.30 bits per heavy atom. The molecule has 1 aliphatic rings. The second kappa shape index (κ2) is 8.23. The number of phenols is 1. The fourth-order valence-electron chi connectivity index (χ4n) is 3.78. The lowest BCUT2D eigenvalue weighted by molar-refractivity contribution is 0.387. The van der Waals surface area contributed by atoms with Gasteiger partial charge in [-0.1, -0.05) is 30.3 Å². The number of hydrogen-bond acceptors (Lipinski definition) is 4. The van der Waals surface area contributed by atoms with Crippen molar-refractivity contribution in [3.05, 3.63) is 70.6 Å². The standard InChI is InChI=1S/C22H25N5O2S/c1-16-20(21(29)27(24(16)2)17-8-4-3-5-9-17)23-22(30)26-14-12-25(13-15-26)18-10-6-7-11-19(18)28/h3-11,28H,12-15H2,1-2H3,(H,23,30). The highest BCUT2D eigenvalue weighted by molar-refractivity contribution is 7.80. The van der Waals surface area contributed by atoms with Gasteiger partial charge in [-0.2, -0.15) is 0 Å². The maximum absolute atomic E-state index is 13.1. The minimum absolute atomic E-state index is 0.128. The summed E-state index contributed by atoms with van der Waals surface area (Å²) in [5, 5.41) is 13.8. The predicted octanol–water partition coefficient (Wildman–Crippen LogP) is 2.71. The molecule has 1 saturated heterocycles. The van der Waals surface area contributed by atoms with Gasteiger partial charge in [0.25, 0.3) is 5.56 Å². The molecular weight excluding hydrogens is 398 g/mol. The van der Waals surface area contributed by atoms with Crippen molar-refractivity contribution in [2.45, 2.75) is 6.92 Å². The highest BCUT2D eigenvalue weighted by Crippen LogP contribution is 2.27. The van der Waals surface area contributed by atoms with Crippen molar-refractivity contribution in [3.63, 3.8) is 0 Å². The number of anilines is 2. The fourth-order valence-corrected chi connectivity index (χ4v) is 4.06. The molecule has 2 heterocycles. The summed E-state index contributed by atoms with van der Waals surface area (Å²) in [6.45, 7) is 4.79. The molecule has 0 radical (unpaired) electrons. The van der Waals surface area contributed by atoms with Crippen LogP contribution in [0.5, 0.6) is 5.75 Å². The van der Waals surface area contributed by atoms with Gasteiger partial charge in [0, 0.05) is 33.2 Å². The van der Waals surface area contributed by atoms with Crippen LogP contribution in [0.1, 0.15) is 5.69 Å². The van der Waals surface area contributed by atoms with Crippen molar-refractivity contribution in [2.75, 3.05) is 36.4 Å². The summed E-state index contributed by atoms with van der Waals surface area (Å²) >= 11 is 5.62. The van der Waals surface area contributed by atoms with Crippen LogP contribution in [0.25, 0.3) is 5.69 Å². The number of rotatable bonds is 3. The van der Waals surface area contributed by atoms with Crippen LogP contribution in [0.2, 0.25) is 0 Å². The van der Waals surface area contributed by atoms with Crippen LogP contribution < -0.4 is 15.8 Å². The number of piperazine rings is 1. The third-order valence-corrected chi connectivity index (χ3v) is 5.94. The van der Waals surface area contributed by atoms with Crippen molar-refractivity contribution in [3.8, 4) is 11.4 Å². The first kappa shape index (κ1) is 20.0. The molecule has 0 aliphatic carbocycles. The smallest absolute Gasteiger partial charge is 0.295 e. The molecule has 8 heteroatoms. The van der Waals surface area contributed by atoms with E-state index in [1.165, 1.54) is 0 Å². The molecule has 3 aromatic rings. The van der Waals surface area contributed by atoms with Crippen LogP contribution in [-0.4, -0.2) is 50.7 Å². The van der Waals surface area contributed by atoms with Gasteiger partial charge in [-0.3, -0.25) is 9.48 Å². The molecular formula is C22H25N5O2S. The Bertz CT molecular complexity index is 1110. The Hall–Kier alpha value is -3.26. The fraction of sp³-hybridized carbons (Fsp3) is 0.273. The molecule has 0 atom stereocenters. The number of para-hydroxylation sites is 3. The second-order valence-electron chi connectivity index (χ2n) is 7.33. The number of aromatic hydroxyl groups is 1. The molecule has 2 aromatic carbocycles. The molecule has 1 aliphatic heterocycles. The van der Waals surface area contributed by atoms with Crippen molar-refractivity contribution in [1.82, 2.24) is 14.3 Å². The number of phenolic OH excluding ortho intramolecular Hbond substituents is 1. The lowest BCUT2D eigenvalue weighted by atomic mass is 10.2. The number of aromatic nitrogens is 2. The molecule has 0 saturated carbocycles. The van der Waals surface area contributed by atoms with Crippen LogP contribution in [0, 0.1) is 6.92 Å². The molecule has 7 nitrogen and oxygen atoms in total. The Kier molecular flexibility index (Phi) is 5.50. The highest BCUT2D eigenvalue weighted by Gasteiger charge is 2.23. The lowest BCUT2D eigenvalue weighted by Crippen LogP contribution is -2.50. The van der Waals surface area contributed by atoms with E-state index < -0.39 is 0 Å². The molecule has 1 fully saturated rings. The summed E-state index contributed by atoms with van der Waals surface area (Å²) in [4.78, 5) is 17.3. The zero-order valence-electron chi connectivity index (χ0n) is 17.1. The van der Waals surface area contributed by atoms with Crippen molar-refractivity contribution in [2.24, 2.45) is 7.05 Å². The summed E-state index contributed by atoms with van der Waals surface area (Å²) in [7, 11) is 1.86. The van der Waals surface area contributed by atoms with Gasteiger partial charge in [0.2, 0.25) is 0 Å². The molecule has 4 rings (SSSR count). The molecule has 30 heavy (non-hydrogen) atoms. The zero-order chi connectivity index (χ0) is 21.3. The Labute approximate surface area is 180 Å². The van der Waals surface area contributed by atoms with E-state index in [0.717, 1.165) is 30.2 Å². The molecule has 0 amide bonds. The Morgan fingerprint density at radius 1 is 1.00 bits per heavy atom. The number of nitrogens with one attached hydrogen (secondary N) is 1. The van der Waals surface area contributed by atoms with E-state index in [-0.39, 0.29) is 11.3 Å². The first-order valence-corrected chi connectivity index (χ1v) is 10.3. The maximum atomic E-state index is 13.1. The minimum atomic E-state index is -0.128. The van der Waals surface area contributed by atoms with E-state index in [9.17, 15) is 9.90 Å². The monoisotopic (exact) mass is 423 g/mol. The first-order valence-electron chi connectivity index (χ1n) is 9.90. The Morgan fingerprint density at radius 2 is 1.63 bits per heavy atom. The van der Waals surface area contributed by atoms with Crippen molar-refractivity contribution in [1.29, 1.82) is 0 Å². The highest BCUT2D eigenvalue weighted by atomic mass is 32.1. The predicted molar refractivity (Wildman–Crippen MR) is 124 cm³/mol. The summed E-state index contributed by atoms with van der Waals surface area (Å²) < 4.78 is 3.47. The average molecular weight is 424 g/mol. The van der Waals surface area contributed by atoms with E-state index in [1.54, 1.807) is 10.7 Å². The summed E-state index contributed by atoms with van der Waals surface area (Å²) in [6.07, 6.45) is 0. The second-order valence-corrected chi connectivity index (χ2v) is 7.72. The van der Waals surface area contributed by atoms with Gasteiger partial charge in [0.05, 0.1) is 17.1 Å². The van der Waals surface area contributed by atoms with E-state index in [2.05, 4.69) is 15.1 Å². The minimum Gasteiger partial charge on any atom is -0.506 e. The van der Waals surface area contributed by atoms with Crippen LogP contribution in [0.15, 0.2) is 59.4 Å². The van der Waals surface area contributed by atoms with E-state index in [1.807, 2.05) is 67.2 Å². The lowest BCUT2D eigenvalue weighted by Gasteiger charge is -2.37. The molecule has 0 spiro atoms. The summed E-state index contributed by atoms with van der Waals surface area (Å²) in [5.74, 6) is 0.285. The average Bonchev–Trinajstić information content (AvgIpc) is 2.98. The number of benzene rings is 2. The quantitative estimate of drug-likeness (QED) is 0.632. The van der Waals surface area contributed by atoms with Gasteiger partial charge in [-0.25, -0.2) is 4.68 Å². The third kappa shape index (κ3) is 3.66. The topological polar surface area (TPSA) is 65.7 Å². The molecule has 156 valence electrons. The van der Waals surface area contributed by atoms with Crippen molar-refractivity contribution < 1.29 is 5.11 Å². The van der Waals surface area contributed by atoms with Crippen molar-refractivity contribution >= 4 is 28.7 Å². The number of nitrogens with zero attached hydrogens (tertiary/aromatic N) is 4. The van der Waals surface area contributed by atoms with E-state index in [4.69, 9.17) is 12.2 Å². The maximum Gasteiger partial charge on any atom is 0.295 e. The van der Waals surface area contributed by atoms with Gasteiger partial charge >= 0.3 is 0 Å². The number of thiocarbonyl (C=S) groups is 1. The largest absolute Gasteiger partial charge is 0.506 e. The van der Waals surface area contributed by atoms with Crippen LogP contribution >= 0.6 is 12.2 Å². The molecule has 0 bridgehead atoms. The Balaban J connectivity index is 1.48. The normalized spacial score (nSPS) is 14.1. The van der Waals surface area contributed by atoms with Crippen LogP contribution in [0.3, 0.4) is 0 Å². The van der Waals surface area contributed by atoms with E-state index >= 15 is 0 Å². The number of hydrogen-bond donors (Lipinski definition) is 2. The van der Waals surface area contributed by atoms with Gasteiger partial charge in [0.1, 0.15) is 11.4 Å².